The Morgan fingerprint density at radius 2 is 1.88 bits per heavy atom. The molecule has 0 unspecified atom stereocenters. The molecule has 0 atom stereocenters. The first-order chi connectivity index (χ1) is 7.52. The van der Waals surface area contributed by atoms with Crippen molar-refractivity contribution < 1.29 is 13.6 Å². The predicted octanol–water partition coefficient (Wildman–Crippen LogP) is 3.07. The highest BCUT2D eigenvalue weighted by Gasteiger charge is 2.31. The van der Waals surface area contributed by atoms with E-state index in [-0.39, 0.29) is 6.04 Å². The smallest absolute Gasteiger partial charge is 0.315 e. The lowest BCUT2D eigenvalue weighted by Crippen LogP contribution is -2.43. The normalized spacial score (nSPS) is 17.4. The molecule has 0 saturated heterocycles. The van der Waals surface area contributed by atoms with Gasteiger partial charge in [-0.15, -0.1) is 0 Å². The molecule has 0 aromatic heterocycles. The predicted molar refractivity (Wildman–Crippen MR) is 59.4 cm³/mol. The van der Waals surface area contributed by atoms with Crippen molar-refractivity contribution in [1.29, 1.82) is 0 Å². The van der Waals surface area contributed by atoms with Crippen LogP contribution in [0.2, 0.25) is 0 Å². The van der Waals surface area contributed by atoms with Gasteiger partial charge in [0.15, 0.2) is 0 Å². The fourth-order valence-corrected chi connectivity index (χ4v) is 2.21. The Balaban J connectivity index is 2.56. The molecule has 1 amide bonds. The minimum Gasteiger partial charge on any atom is -0.335 e. The molecule has 1 saturated carbocycles. The molecule has 0 bridgehead atoms. The Kier molecular flexibility index (Phi) is 5.16. The average molecular weight is 233 g/mol. The third kappa shape index (κ3) is 3.72. The highest BCUT2D eigenvalue weighted by molar-refractivity contribution is 5.79. The molecule has 0 aromatic carbocycles. The molecule has 16 heavy (non-hydrogen) atoms. The van der Waals surface area contributed by atoms with Crippen molar-refractivity contribution in [1.82, 2.24) is 4.90 Å². The molecule has 1 aliphatic rings. The van der Waals surface area contributed by atoms with E-state index in [1.807, 2.05) is 13.8 Å². The molecule has 0 spiro atoms. The zero-order chi connectivity index (χ0) is 12.1. The Bertz CT molecular complexity index is 225. The van der Waals surface area contributed by atoms with Crippen molar-refractivity contribution in [2.24, 2.45) is 5.92 Å². The second-order valence-electron chi connectivity index (χ2n) is 4.95. The van der Waals surface area contributed by atoms with Gasteiger partial charge in [-0.25, -0.2) is 0 Å². The van der Waals surface area contributed by atoms with Crippen LogP contribution >= 0.6 is 0 Å². The van der Waals surface area contributed by atoms with Gasteiger partial charge in [0.1, 0.15) is 0 Å². The quantitative estimate of drug-likeness (QED) is 0.714. The third-order valence-electron chi connectivity index (χ3n) is 3.18. The Morgan fingerprint density at radius 1 is 1.31 bits per heavy atom. The fraction of sp³-hybridized carbons (Fsp3) is 0.917. The van der Waals surface area contributed by atoms with Gasteiger partial charge < -0.3 is 4.90 Å². The van der Waals surface area contributed by atoms with E-state index in [9.17, 15) is 13.6 Å². The van der Waals surface area contributed by atoms with Gasteiger partial charge in [-0.2, -0.15) is 8.78 Å². The second kappa shape index (κ2) is 6.16. The zero-order valence-corrected chi connectivity index (χ0v) is 10.1. The lowest BCUT2D eigenvalue weighted by Gasteiger charge is -2.29. The summed E-state index contributed by atoms with van der Waals surface area (Å²) in [5.74, 6) is -0.540. The summed E-state index contributed by atoms with van der Waals surface area (Å²) in [4.78, 5) is 12.8. The monoisotopic (exact) mass is 233 g/mol. The highest BCUT2D eigenvalue weighted by atomic mass is 19.3. The Hall–Kier alpha value is -0.670. The van der Waals surface area contributed by atoms with E-state index in [2.05, 4.69) is 0 Å². The number of halogens is 2. The number of carbonyl (C=O) groups excluding carboxylic acids is 1. The molecule has 0 aliphatic heterocycles. The first kappa shape index (κ1) is 13.4. The number of hydrogen-bond donors (Lipinski definition) is 0. The Labute approximate surface area is 96.0 Å². The lowest BCUT2D eigenvalue weighted by atomic mass is 10.1. The summed E-state index contributed by atoms with van der Waals surface area (Å²) >= 11 is 0. The van der Waals surface area contributed by atoms with Crippen LogP contribution in [0, 0.1) is 5.92 Å². The van der Waals surface area contributed by atoms with Crippen molar-refractivity contribution >= 4 is 5.91 Å². The van der Waals surface area contributed by atoms with Gasteiger partial charge in [0.25, 0.3) is 5.91 Å². The topological polar surface area (TPSA) is 20.3 Å². The number of carbonyl (C=O) groups is 1. The van der Waals surface area contributed by atoms with Gasteiger partial charge in [-0.1, -0.05) is 26.7 Å². The fourth-order valence-electron chi connectivity index (χ4n) is 2.21. The zero-order valence-electron chi connectivity index (χ0n) is 10.1. The van der Waals surface area contributed by atoms with Crippen molar-refractivity contribution in [3.63, 3.8) is 0 Å². The van der Waals surface area contributed by atoms with Crippen LogP contribution in [-0.4, -0.2) is 29.8 Å². The summed E-state index contributed by atoms with van der Waals surface area (Å²) in [6.45, 7) is 4.56. The van der Waals surface area contributed by atoms with Crippen LogP contribution in [-0.2, 0) is 4.79 Å². The van der Waals surface area contributed by atoms with Gasteiger partial charge >= 0.3 is 6.43 Å². The van der Waals surface area contributed by atoms with Crippen molar-refractivity contribution in [3.8, 4) is 0 Å². The molecule has 0 aromatic rings. The van der Waals surface area contributed by atoms with E-state index in [0.717, 1.165) is 32.1 Å². The standard InChI is InChI=1S/C12H21F2NO/c1-9(2)7-8-15(12(16)11(13)14)10-5-3-4-6-10/h9-11H,3-8H2,1-2H3. The van der Waals surface area contributed by atoms with Crippen LogP contribution in [0.15, 0.2) is 0 Å². The van der Waals surface area contributed by atoms with Crippen LogP contribution in [0.1, 0.15) is 46.0 Å². The van der Waals surface area contributed by atoms with E-state index in [1.165, 1.54) is 4.90 Å². The SMILES string of the molecule is CC(C)CCN(C(=O)C(F)F)C1CCCC1. The third-order valence-corrected chi connectivity index (χ3v) is 3.18. The van der Waals surface area contributed by atoms with E-state index in [0.29, 0.717) is 12.5 Å². The Morgan fingerprint density at radius 3 is 2.31 bits per heavy atom. The van der Waals surface area contributed by atoms with E-state index < -0.39 is 12.3 Å². The molecule has 2 nitrogen and oxygen atoms in total. The number of hydrogen-bond acceptors (Lipinski definition) is 1. The first-order valence-corrected chi connectivity index (χ1v) is 6.11. The van der Waals surface area contributed by atoms with Gasteiger partial charge in [-0.05, 0) is 25.2 Å². The van der Waals surface area contributed by atoms with E-state index >= 15 is 0 Å². The maximum Gasteiger partial charge on any atom is 0.315 e. The van der Waals surface area contributed by atoms with Gasteiger partial charge in [0, 0.05) is 12.6 Å². The molecule has 0 heterocycles. The number of rotatable bonds is 5. The van der Waals surface area contributed by atoms with Crippen LogP contribution in [0.4, 0.5) is 8.78 Å². The van der Waals surface area contributed by atoms with Crippen molar-refractivity contribution in [3.05, 3.63) is 0 Å². The highest BCUT2D eigenvalue weighted by Crippen LogP contribution is 2.25. The van der Waals surface area contributed by atoms with Gasteiger partial charge in [0.05, 0.1) is 0 Å². The largest absolute Gasteiger partial charge is 0.335 e. The summed E-state index contributed by atoms with van der Waals surface area (Å²) < 4.78 is 24.9. The molecule has 1 aliphatic carbocycles. The number of alkyl halides is 2. The summed E-state index contributed by atoms with van der Waals surface area (Å²) in [6.07, 6.45) is 1.83. The summed E-state index contributed by atoms with van der Waals surface area (Å²) in [6, 6.07) is 0.0558. The van der Waals surface area contributed by atoms with Crippen molar-refractivity contribution in [2.75, 3.05) is 6.54 Å². The number of nitrogens with zero attached hydrogens (tertiary/aromatic N) is 1. The summed E-state index contributed by atoms with van der Waals surface area (Å²) in [5, 5.41) is 0. The molecular weight excluding hydrogens is 212 g/mol. The molecule has 94 valence electrons. The second-order valence-corrected chi connectivity index (χ2v) is 4.95. The molecule has 4 heteroatoms. The first-order valence-electron chi connectivity index (χ1n) is 6.11. The maximum absolute atomic E-state index is 12.5. The van der Waals surface area contributed by atoms with Crippen LogP contribution in [0.25, 0.3) is 0 Å². The molecule has 1 rings (SSSR count). The lowest BCUT2D eigenvalue weighted by molar-refractivity contribution is -0.145. The number of amides is 1. The molecular formula is C12H21F2NO. The van der Waals surface area contributed by atoms with E-state index in [1.54, 1.807) is 0 Å². The van der Waals surface area contributed by atoms with Crippen LogP contribution < -0.4 is 0 Å². The van der Waals surface area contributed by atoms with E-state index in [4.69, 9.17) is 0 Å². The minimum absolute atomic E-state index is 0.0558. The molecule has 1 fully saturated rings. The van der Waals surface area contributed by atoms with Crippen LogP contribution in [0.3, 0.4) is 0 Å². The summed E-state index contributed by atoms with van der Waals surface area (Å²) in [5.41, 5.74) is 0. The van der Waals surface area contributed by atoms with Gasteiger partial charge in [0.2, 0.25) is 0 Å². The molecule has 0 radical (unpaired) electrons. The average Bonchev–Trinajstić information content (AvgIpc) is 2.70. The van der Waals surface area contributed by atoms with Crippen LogP contribution in [0.5, 0.6) is 0 Å². The summed E-state index contributed by atoms with van der Waals surface area (Å²) in [7, 11) is 0. The molecule has 0 N–H and O–H groups in total. The minimum atomic E-state index is -2.85. The van der Waals surface area contributed by atoms with Gasteiger partial charge in [-0.3, -0.25) is 4.79 Å². The van der Waals surface area contributed by atoms with Crippen molar-refractivity contribution in [2.45, 2.75) is 58.4 Å². The maximum atomic E-state index is 12.5.